The number of benzene rings is 2. The molecule has 1 aliphatic rings. The third-order valence-corrected chi connectivity index (χ3v) is 7.66. The Morgan fingerprint density at radius 2 is 1.64 bits per heavy atom. The van der Waals surface area contributed by atoms with Gasteiger partial charge in [-0.1, -0.05) is 30.3 Å². The Morgan fingerprint density at radius 1 is 0.972 bits per heavy atom. The van der Waals surface area contributed by atoms with E-state index in [9.17, 15) is 18.0 Å². The van der Waals surface area contributed by atoms with Crippen LogP contribution in [-0.2, 0) is 35.7 Å². The fraction of sp³-hybridized carbons (Fsp3) is 0.462. The smallest absolute Gasteiger partial charge is 0.324 e. The van der Waals surface area contributed by atoms with E-state index in [0.717, 1.165) is 9.87 Å². The van der Waals surface area contributed by atoms with Gasteiger partial charge in [-0.25, -0.2) is 8.42 Å². The van der Waals surface area contributed by atoms with Gasteiger partial charge in [-0.3, -0.25) is 9.59 Å². The summed E-state index contributed by atoms with van der Waals surface area (Å²) in [5, 5.41) is 0. The lowest BCUT2D eigenvalue weighted by atomic mass is 9.92. The first-order chi connectivity index (χ1) is 17.0. The van der Waals surface area contributed by atoms with Gasteiger partial charge in [-0.05, 0) is 51.3 Å². The number of methoxy groups -OCH3 is 2. The molecule has 0 saturated carbocycles. The van der Waals surface area contributed by atoms with E-state index < -0.39 is 39.5 Å². The van der Waals surface area contributed by atoms with Crippen molar-refractivity contribution in [2.75, 3.05) is 20.8 Å². The van der Waals surface area contributed by atoms with Crippen LogP contribution in [0, 0.1) is 5.92 Å². The van der Waals surface area contributed by atoms with Crippen molar-refractivity contribution in [3.63, 3.8) is 0 Å². The lowest BCUT2D eigenvalue weighted by Crippen LogP contribution is -2.52. The number of hydrogen-bond donors (Lipinski definition) is 0. The van der Waals surface area contributed by atoms with Gasteiger partial charge in [0.1, 0.15) is 18.2 Å². The largest absolute Gasteiger partial charge is 0.493 e. The third kappa shape index (κ3) is 6.55. The summed E-state index contributed by atoms with van der Waals surface area (Å²) in [5.41, 5.74) is 0.0585. The van der Waals surface area contributed by atoms with Crippen molar-refractivity contribution < 1.29 is 37.0 Å². The molecular formula is C26H33NO8S. The first-order valence-corrected chi connectivity index (χ1v) is 13.1. The summed E-state index contributed by atoms with van der Waals surface area (Å²) >= 11 is 0. The molecule has 0 spiro atoms. The average Bonchev–Trinajstić information content (AvgIpc) is 2.86. The molecule has 2 unspecified atom stereocenters. The fourth-order valence-electron chi connectivity index (χ4n) is 3.98. The number of sulfonamides is 1. The highest BCUT2D eigenvalue weighted by Gasteiger charge is 2.44. The molecule has 2 atom stereocenters. The van der Waals surface area contributed by atoms with E-state index in [0.29, 0.717) is 5.75 Å². The second-order valence-electron chi connectivity index (χ2n) is 9.50. The number of piperidine rings is 1. The maximum Gasteiger partial charge on any atom is 0.324 e. The number of hydrogen-bond acceptors (Lipinski definition) is 8. The summed E-state index contributed by atoms with van der Waals surface area (Å²) in [6.07, 6.45) is 0.166. The molecule has 0 aliphatic carbocycles. The van der Waals surface area contributed by atoms with Crippen LogP contribution >= 0.6 is 0 Å². The molecule has 3 rings (SSSR count). The summed E-state index contributed by atoms with van der Waals surface area (Å²) in [5.74, 6) is -1.22. The predicted molar refractivity (Wildman–Crippen MR) is 132 cm³/mol. The van der Waals surface area contributed by atoms with Crippen LogP contribution in [0.3, 0.4) is 0 Å². The van der Waals surface area contributed by atoms with Crippen molar-refractivity contribution in [3.8, 4) is 11.5 Å². The van der Waals surface area contributed by atoms with E-state index in [1.807, 2.05) is 18.2 Å². The third-order valence-electron chi connectivity index (χ3n) is 5.75. The molecule has 0 bridgehead atoms. The second-order valence-corrected chi connectivity index (χ2v) is 11.4. The van der Waals surface area contributed by atoms with Crippen LogP contribution in [0.4, 0.5) is 0 Å². The molecule has 1 heterocycles. The Bertz CT molecular complexity index is 1170. The molecule has 196 valence electrons. The highest BCUT2D eigenvalue weighted by atomic mass is 32.2. The number of carbonyl (C=O) groups is 2. The molecule has 36 heavy (non-hydrogen) atoms. The Balaban J connectivity index is 1.90. The fourth-order valence-corrected chi connectivity index (χ4v) is 5.60. The predicted octanol–water partition coefficient (Wildman–Crippen LogP) is 3.56. The molecule has 10 heteroatoms. The van der Waals surface area contributed by atoms with E-state index in [-0.39, 0.29) is 36.6 Å². The van der Waals surface area contributed by atoms with Crippen molar-refractivity contribution in [2.24, 2.45) is 5.92 Å². The van der Waals surface area contributed by atoms with Gasteiger partial charge in [0, 0.05) is 12.6 Å². The van der Waals surface area contributed by atoms with Gasteiger partial charge in [0.25, 0.3) is 0 Å². The van der Waals surface area contributed by atoms with E-state index in [2.05, 4.69) is 0 Å². The maximum atomic E-state index is 13.7. The summed E-state index contributed by atoms with van der Waals surface area (Å²) in [6.45, 7) is 5.21. The summed E-state index contributed by atoms with van der Waals surface area (Å²) in [7, 11) is -1.28. The van der Waals surface area contributed by atoms with Gasteiger partial charge in [0.2, 0.25) is 10.0 Å². The molecular weight excluding hydrogens is 486 g/mol. The summed E-state index contributed by atoms with van der Waals surface area (Å²) in [4.78, 5) is 25.9. The molecule has 2 aromatic carbocycles. The minimum atomic E-state index is -4.14. The van der Waals surface area contributed by atoms with Crippen LogP contribution in [-0.4, -0.2) is 57.1 Å². The Hall–Kier alpha value is -3.11. The SMILES string of the molecule is COc1ccc(S(=O)(=O)N2CCC(C(=O)OC(C)(C)C)CC2C(=O)OCc2ccccc2)cc1OC. The highest BCUT2D eigenvalue weighted by Crippen LogP contribution is 2.35. The van der Waals surface area contributed by atoms with Crippen molar-refractivity contribution in [1.29, 1.82) is 0 Å². The number of nitrogens with zero attached hydrogens (tertiary/aromatic N) is 1. The normalized spacial score (nSPS) is 18.8. The van der Waals surface area contributed by atoms with E-state index in [1.165, 1.54) is 32.4 Å². The number of carbonyl (C=O) groups excluding carboxylic acids is 2. The molecule has 0 N–H and O–H groups in total. The molecule has 1 fully saturated rings. The minimum absolute atomic E-state index is 0.0163. The molecule has 2 aromatic rings. The zero-order chi connectivity index (χ0) is 26.5. The number of ether oxygens (including phenoxy) is 4. The van der Waals surface area contributed by atoms with Gasteiger partial charge < -0.3 is 18.9 Å². The molecule has 1 saturated heterocycles. The minimum Gasteiger partial charge on any atom is -0.493 e. The summed E-state index contributed by atoms with van der Waals surface area (Å²) < 4.78 is 49.9. The molecule has 0 amide bonds. The maximum absolute atomic E-state index is 13.7. The highest BCUT2D eigenvalue weighted by molar-refractivity contribution is 7.89. The monoisotopic (exact) mass is 519 g/mol. The van der Waals surface area contributed by atoms with E-state index in [4.69, 9.17) is 18.9 Å². The van der Waals surface area contributed by atoms with Crippen LogP contribution in [0.5, 0.6) is 11.5 Å². The Labute approximate surface area is 212 Å². The molecule has 1 aliphatic heterocycles. The van der Waals surface area contributed by atoms with E-state index in [1.54, 1.807) is 32.9 Å². The topological polar surface area (TPSA) is 108 Å². The van der Waals surface area contributed by atoms with Crippen LogP contribution < -0.4 is 9.47 Å². The first-order valence-electron chi connectivity index (χ1n) is 11.6. The first kappa shape index (κ1) is 27.5. The molecule has 9 nitrogen and oxygen atoms in total. The van der Waals surface area contributed by atoms with Crippen LogP contribution in [0.2, 0.25) is 0 Å². The second kappa shape index (κ2) is 11.3. The van der Waals surface area contributed by atoms with Gasteiger partial charge in [-0.2, -0.15) is 4.31 Å². The van der Waals surface area contributed by atoms with Gasteiger partial charge in [0.15, 0.2) is 11.5 Å². The van der Waals surface area contributed by atoms with Crippen molar-refractivity contribution in [3.05, 3.63) is 54.1 Å². The van der Waals surface area contributed by atoms with E-state index >= 15 is 0 Å². The number of esters is 2. The zero-order valence-corrected chi connectivity index (χ0v) is 22.0. The van der Waals surface area contributed by atoms with Gasteiger partial charge in [-0.15, -0.1) is 0 Å². The Kier molecular flexibility index (Phi) is 8.63. The zero-order valence-electron chi connectivity index (χ0n) is 21.2. The van der Waals surface area contributed by atoms with Crippen LogP contribution in [0.1, 0.15) is 39.2 Å². The number of rotatable bonds is 8. The average molecular weight is 520 g/mol. The summed E-state index contributed by atoms with van der Waals surface area (Å²) in [6, 6.07) is 12.1. The Morgan fingerprint density at radius 3 is 2.25 bits per heavy atom. The lowest BCUT2D eigenvalue weighted by molar-refractivity contribution is -0.163. The van der Waals surface area contributed by atoms with Gasteiger partial charge >= 0.3 is 11.9 Å². The van der Waals surface area contributed by atoms with Crippen molar-refractivity contribution in [1.82, 2.24) is 4.31 Å². The molecule has 0 radical (unpaired) electrons. The van der Waals surface area contributed by atoms with Crippen LogP contribution in [0.25, 0.3) is 0 Å². The van der Waals surface area contributed by atoms with Gasteiger partial charge in [0.05, 0.1) is 25.0 Å². The lowest BCUT2D eigenvalue weighted by Gasteiger charge is -2.37. The quantitative estimate of drug-likeness (QED) is 0.487. The standard InChI is InChI=1S/C26H33NO8S/c1-26(2,3)35-24(28)19-13-14-27(21(15-19)25(29)34-17-18-9-7-6-8-10-18)36(30,31)20-11-12-22(32-4)23(16-20)33-5/h6-12,16,19,21H,13-15,17H2,1-5H3. The van der Waals surface area contributed by atoms with Crippen molar-refractivity contribution >= 4 is 22.0 Å². The molecule has 0 aromatic heterocycles. The van der Waals surface area contributed by atoms with Crippen molar-refractivity contribution in [2.45, 2.75) is 56.8 Å². The van der Waals surface area contributed by atoms with Crippen LogP contribution in [0.15, 0.2) is 53.4 Å².